The van der Waals surface area contributed by atoms with Crippen LogP contribution in [0.4, 0.5) is 4.79 Å². The number of ether oxygens (including phenoxy) is 1. The summed E-state index contributed by atoms with van der Waals surface area (Å²) in [4.78, 5) is 14.1. The van der Waals surface area contributed by atoms with Gasteiger partial charge in [-0.2, -0.15) is 0 Å². The summed E-state index contributed by atoms with van der Waals surface area (Å²) < 4.78 is 32.4. The van der Waals surface area contributed by atoms with Gasteiger partial charge >= 0.3 is 6.03 Å². The molecule has 0 bridgehead atoms. The summed E-state index contributed by atoms with van der Waals surface area (Å²) in [5, 5.41) is 1.14. The lowest BCUT2D eigenvalue weighted by Gasteiger charge is -2.34. The van der Waals surface area contributed by atoms with Crippen molar-refractivity contribution in [3.63, 3.8) is 0 Å². The lowest BCUT2D eigenvalue weighted by atomic mass is 10.0. The number of nitrogens with one attached hydrogen (secondary N) is 1. The van der Waals surface area contributed by atoms with Crippen LogP contribution >= 0.6 is 0 Å². The molecule has 1 unspecified atom stereocenters. The van der Waals surface area contributed by atoms with Gasteiger partial charge < -0.3 is 9.64 Å². The van der Waals surface area contributed by atoms with Crippen molar-refractivity contribution in [2.45, 2.75) is 52.0 Å². The first-order chi connectivity index (χ1) is 12.4. The molecule has 1 fully saturated rings. The second kappa shape index (κ2) is 9.07. The molecule has 144 valence electrons. The number of amides is 2. The highest BCUT2D eigenvalue weighted by Crippen LogP contribution is 2.24. The largest absolute Gasteiger partial charge is 0.497 e. The van der Waals surface area contributed by atoms with Crippen molar-refractivity contribution >= 4 is 21.6 Å². The molecule has 1 aliphatic rings. The molecule has 0 radical (unpaired) electrons. The number of carbonyl (C=O) groups excluding carboxylic acids is 1. The molecule has 1 aliphatic heterocycles. The van der Waals surface area contributed by atoms with Crippen LogP contribution in [0.1, 0.15) is 51.5 Å². The number of piperidine rings is 1. The second-order valence-corrected chi connectivity index (χ2v) is 7.96. The van der Waals surface area contributed by atoms with E-state index in [9.17, 15) is 13.2 Å². The van der Waals surface area contributed by atoms with E-state index < -0.39 is 16.1 Å². The molecule has 6 nitrogen and oxygen atoms in total. The molecule has 0 aromatic heterocycles. The SMILES string of the molecule is CCC(=CS(=O)(=O)NC(=O)N1CCCCC1CC)c1cccc(OC)c1. The summed E-state index contributed by atoms with van der Waals surface area (Å²) in [7, 11) is -2.32. The molecule has 1 aromatic rings. The van der Waals surface area contributed by atoms with Crippen LogP contribution in [0.25, 0.3) is 5.57 Å². The summed E-state index contributed by atoms with van der Waals surface area (Å²) in [6, 6.07) is 6.79. The van der Waals surface area contributed by atoms with Crippen LogP contribution in [-0.4, -0.2) is 39.0 Å². The van der Waals surface area contributed by atoms with Gasteiger partial charge in [-0.25, -0.2) is 17.9 Å². The van der Waals surface area contributed by atoms with Crippen molar-refractivity contribution in [3.8, 4) is 5.75 Å². The number of nitrogens with zero attached hydrogens (tertiary/aromatic N) is 1. The van der Waals surface area contributed by atoms with Crippen LogP contribution in [0.5, 0.6) is 5.75 Å². The van der Waals surface area contributed by atoms with E-state index in [4.69, 9.17) is 4.74 Å². The molecule has 1 saturated heterocycles. The normalized spacial score (nSPS) is 18.5. The Morgan fingerprint density at radius 2 is 2.12 bits per heavy atom. The van der Waals surface area contributed by atoms with E-state index in [1.165, 1.54) is 0 Å². The summed E-state index contributed by atoms with van der Waals surface area (Å²) in [5.41, 5.74) is 1.38. The van der Waals surface area contributed by atoms with Gasteiger partial charge in [0, 0.05) is 12.6 Å². The molecule has 0 spiro atoms. The van der Waals surface area contributed by atoms with Crippen molar-refractivity contribution in [1.29, 1.82) is 0 Å². The van der Waals surface area contributed by atoms with E-state index in [0.717, 1.165) is 36.7 Å². The first-order valence-electron chi connectivity index (χ1n) is 9.08. The van der Waals surface area contributed by atoms with Gasteiger partial charge in [-0.15, -0.1) is 0 Å². The van der Waals surface area contributed by atoms with Gasteiger partial charge in [0.05, 0.1) is 12.5 Å². The zero-order valence-corrected chi connectivity index (χ0v) is 16.5. The van der Waals surface area contributed by atoms with Gasteiger partial charge in [0.1, 0.15) is 5.75 Å². The third kappa shape index (κ3) is 5.24. The van der Waals surface area contributed by atoms with E-state index in [1.54, 1.807) is 24.1 Å². The zero-order valence-electron chi connectivity index (χ0n) is 15.7. The van der Waals surface area contributed by atoms with Crippen LogP contribution in [0.2, 0.25) is 0 Å². The Labute approximate surface area is 156 Å². The maximum absolute atomic E-state index is 12.5. The highest BCUT2D eigenvalue weighted by Gasteiger charge is 2.27. The monoisotopic (exact) mass is 380 g/mol. The average molecular weight is 381 g/mol. The number of sulfonamides is 1. The maximum atomic E-state index is 12.5. The molecule has 1 heterocycles. The standard InChI is InChI=1S/C19H28N2O4S/c1-4-15(16-9-8-11-18(13-16)25-3)14-26(23,24)20-19(22)21-12-7-6-10-17(21)5-2/h8-9,11,13-14,17H,4-7,10,12H2,1-3H3,(H,20,22). The van der Waals surface area contributed by atoms with E-state index in [2.05, 4.69) is 4.72 Å². The van der Waals surface area contributed by atoms with Crippen molar-refractivity contribution in [1.82, 2.24) is 9.62 Å². The smallest absolute Gasteiger partial charge is 0.331 e. The molecule has 0 aliphatic carbocycles. The molecule has 7 heteroatoms. The fourth-order valence-electron chi connectivity index (χ4n) is 3.27. The average Bonchev–Trinajstić information content (AvgIpc) is 2.65. The number of likely N-dealkylation sites (tertiary alicyclic amines) is 1. The van der Waals surface area contributed by atoms with Gasteiger partial charge in [-0.05, 0) is 55.4 Å². The second-order valence-electron chi connectivity index (χ2n) is 6.43. The Balaban J connectivity index is 2.19. The number of rotatable bonds is 6. The zero-order chi connectivity index (χ0) is 19.2. The Morgan fingerprint density at radius 1 is 1.35 bits per heavy atom. The van der Waals surface area contributed by atoms with E-state index in [0.29, 0.717) is 24.3 Å². The van der Waals surface area contributed by atoms with Gasteiger partial charge in [0.2, 0.25) is 0 Å². The summed E-state index contributed by atoms with van der Waals surface area (Å²) in [6.45, 7) is 4.49. The molecule has 2 rings (SSSR count). The van der Waals surface area contributed by atoms with Crippen LogP contribution in [0.3, 0.4) is 0 Å². The third-order valence-electron chi connectivity index (χ3n) is 4.71. The molecular formula is C19H28N2O4S. The minimum absolute atomic E-state index is 0.104. The highest BCUT2D eigenvalue weighted by molar-refractivity contribution is 7.93. The minimum Gasteiger partial charge on any atom is -0.497 e. The number of hydrogen-bond donors (Lipinski definition) is 1. The predicted octanol–water partition coefficient (Wildman–Crippen LogP) is 3.75. The number of hydrogen-bond acceptors (Lipinski definition) is 4. The lowest BCUT2D eigenvalue weighted by molar-refractivity contribution is 0.154. The number of carbonyl (C=O) groups is 1. The Bertz CT molecular complexity index is 759. The van der Waals surface area contributed by atoms with Crippen molar-refractivity contribution in [2.75, 3.05) is 13.7 Å². The van der Waals surface area contributed by atoms with Gasteiger partial charge in [0.25, 0.3) is 10.0 Å². The van der Waals surface area contributed by atoms with E-state index >= 15 is 0 Å². The molecule has 0 saturated carbocycles. The summed E-state index contributed by atoms with van der Waals surface area (Å²) in [6.07, 6.45) is 4.25. The van der Waals surface area contributed by atoms with Gasteiger partial charge in [-0.1, -0.05) is 26.0 Å². The van der Waals surface area contributed by atoms with Gasteiger partial charge in [0.15, 0.2) is 0 Å². The summed E-state index contributed by atoms with van der Waals surface area (Å²) >= 11 is 0. The fraction of sp³-hybridized carbons (Fsp3) is 0.526. The highest BCUT2D eigenvalue weighted by atomic mass is 32.2. The van der Waals surface area contributed by atoms with E-state index in [1.807, 2.05) is 26.0 Å². The lowest BCUT2D eigenvalue weighted by Crippen LogP contribution is -2.49. The number of methoxy groups -OCH3 is 1. The van der Waals surface area contributed by atoms with E-state index in [-0.39, 0.29) is 6.04 Å². The van der Waals surface area contributed by atoms with Crippen molar-refractivity contribution in [3.05, 3.63) is 35.2 Å². The third-order valence-corrected chi connectivity index (χ3v) is 5.76. The first-order valence-corrected chi connectivity index (χ1v) is 10.6. The van der Waals surface area contributed by atoms with Crippen LogP contribution < -0.4 is 9.46 Å². The first kappa shape index (κ1) is 20.3. The van der Waals surface area contributed by atoms with Crippen LogP contribution in [0.15, 0.2) is 29.7 Å². The van der Waals surface area contributed by atoms with Crippen molar-refractivity contribution in [2.24, 2.45) is 0 Å². The quantitative estimate of drug-likeness (QED) is 0.815. The predicted molar refractivity (Wildman–Crippen MR) is 103 cm³/mol. The Kier molecular flexibility index (Phi) is 7.08. The number of allylic oxidation sites excluding steroid dienone is 1. The minimum atomic E-state index is -3.88. The molecule has 1 atom stereocenters. The number of urea groups is 1. The Morgan fingerprint density at radius 3 is 2.77 bits per heavy atom. The summed E-state index contributed by atoms with van der Waals surface area (Å²) in [5.74, 6) is 0.655. The molecule has 26 heavy (non-hydrogen) atoms. The molecule has 2 amide bonds. The maximum Gasteiger partial charge on any atom is 0.331 e. The topological polar surface area (TPSA) is 75.7 Å². The number of benzene rings is 1. The Hall–Kier alpha value is -2.02. The van der Waals surface area contributed by atoms with Gasteiger partial charge in [-0.3, -0.25) is 0 Å². The van der Waals surface area contributed by atoms with Crippen molar-refractivity contribution < 1.29 is 17.9 Å². The fourth-order valence-corrected chi connectivity index (χ4v) is 4.36. The van der Waals surface area contributed by atoms with Crippen LogP contribution in [-0.2, 0) is 10.0 Å². The molecule has 1 aromatic carbocycles. The van der Waals surface area contributed by atoms with Crippen LogP contribution in [0, 0.1) is 0 Å². The molecular weight excluding hydrogens is 352 g/mol. The molecule has 1 N–H and O–H groups in total.